The smallest absolute Gasteiger partial charge is 0.133 e. The summed E-state index contributed by atoms with van der Waals surface area (Å²) in [5.41, 5.74) is 1.72. The van der Waals surface area contributed by atoms with E-state index in [1.807, 2.05) is 38.1 Å². The van der Waals surface area contributed by atoms with Crippen molar-refractivity contribution < 1.29 is 4.74 Å². The molecule has 0 saturated heterocycles. The summed E-state index contributed by atoms with van der Waals surface area (Å²) in [6.07, 6.45) is 0. The predicted octanol–water partition coefficient (Wildman–Crippen LogP) is 3.50. The number of hydrogen-bond donors (Lipinski definition) is 0. The van der Waals surface area contributed by atoms with E-state index >= 15 is 0 Å². The van der Waals surface area contributed by atoms with E-state index in [0.717, 1.165) is 17.0 Å². The molecule has 1 aromatic heterocycles. The number of para-hydroxylation sites is 1. The molecule has 0 amide bonds. The van der Waals surface area contributed by atoms with Gasteiger partial charge in [-0.15, -0.1) is 0 Å². The Bertz CT molecular complexity index is 508. The van der Waals surface area contributed by atoms with E-state index in [1.165, 1.54) is 0 Å². The van der Waals surface area contributed by atoms with Crippen LogP contribution in [0.3, 0.4) is 0 Å². The van der Waals surface area contributed by atoms with Crippen LogP contribution in [-0.2, 0) is 0 Å². The minimum Gasteiger partial charge on any atom is -0.493 e. The maximum atomic E-state index is 5.94. The van der Waals surface area contributed by atoms with Crippen molar-refractivity contribution in [2.24, 2.45) is 0 Å². The zero-order valence-corrected chi connectivity index (χ0v) is 10.5. The van der Waals surface area contributed by atoms with E-state index in [4.69, 9.17) is 16.3 Å². The molecule has 1 heterocycles. The highest BCUT2D eigenvalue weighted by molar-refractivity contribution is 6.29. The Morgan fingerprint density at radius 3 is 2.71 bits per heavy atom. The molecule has 4 heteroatoms. The first-order chi connectivity index (χ1) is 8.20. The summed E-state index contributed by atoms with van der Waals surface area (Å²) < 4.78 is 5.57. The Labute approximate surface area is 105 Å². The molecule has 0 unspecified atom stereocenters. The summed E-state index contributed by atoms with van der Waals surface area (Å²) in [4.78, 5) is 8.42. The lowest BCUT2D eigenvalue weighted by molar-refractivity contribution is 0.341. The van der Waals surface area contributed by atoms with Crippen molar-refractivity contribution in [2.75, 3.05) is 6.61 Å². The number of aryl methyl sites for hydroxylation is 1. The first-order valence-electron chi connectivity index (χ1n) is 5.44. The van der Waals surface area contributed by atoms with Gasteiger partial charge in [0.2, 0.25) is 0 Å². The van der Waals surface area contributed by atoms with Gasteiger partial charge in [0.25, 0.3) is 0 Å². The molecule has 1 aromatic carbocycles. The lowest BCUT2D eigenvalue weighted by Crippen LogP contribution is -1.96. The molecule has 0 spiro atoms. The van der Waals surface area contributed by atoms with Crippen LogP contribution in [0.5, 0.6) is 5.75 Å². The Morgan fingerprint density at radius 1 is 1.24 bits per heavy atom. The second kappa shape index (κ2) is 5.15. The van der Waals surface area contributed by atoms with Crippen LogP contribution in [0.15, 0.2) is 30.3 Å². The molecule has 17 heavy (non-hydrogen) atoms. The Balaban J connectivity index is 2.51. The van der Waals surface area contributed by atoms with Crippen molar-refractivity contribution in [3.8, 4) is 17.0 Å². The fourth-order valence-corrected chi connectivity index (χ4v) is 1.85. The average Bonchev–Trinajstić information content (AvgIpc) is 2.29. The summed E-state index contributed by atoms with van der Waals surface area (Å²) in [5.74, 6) is 1.46. The highest BCUT2D eigenvalue weighted by Gasteiger charge is 2.08. The molecule has 3 nitrogen and oxygen atoms in total. The third-order valence-electron chi connectivity index (χ3n) is 2.27. The molecule has 0 aliphatic carbocycles. The van der Waals surface area contributed by atoms with Crippen molar-refractivity contribution in [1.82, 2.24) is 9.97 Å². The number of aromatic nitrogens is 2. The van der Waals surface area contributed by atoms with E-state index in [0.29, 0.717) is 17.6 Å². The van der Waals surface area contributed by atoms with Gasteiger partial charge in [-0.3, -0.25) is 0 Å². The molecule has 88 valence electrons. The zero-order chi connectivity index (χ0) is 12.3. The largest absolute Gasteiger partial charge is 0.493 e. The summed E-state index contributed by atoms with van der Waals surface area (Å²) in [6, 6.07) is 9.51. The van der Waals surface area contributed by atoms with Crippen LogP contribution in [0.1, 0.15) is 12.7 Å². The van der Waals surface area contributed by atoms with Crippen molar-refractivity contribution in [3.63, 3.8) is 0 Å². The van der Waals surface area contributed by atoms with Gasteiger partial charge in [-0.2, -0.15) is 0 Å². The summed E-state index contributed by atoms with van der Waals surface area (Å²) in [6.45, 7) is 4.39. The van der Waals surface area contributed by atoms with Gasteiger partial charge in [0.15, 0.2) is 0 Å². The quantitative estimate of drug-likeness (QED) is 0.780. The van der Waals surface area contributed by atoms with Gasteiger partial charge in [-0.1, -0.05) is 23.7 Å². The number of rotatable bonds is 3. The maximum Gasteiger partial charge on any atom is 0.133 e. The Morgan fingerprint density at radius 2 is 2.00 bits per heavy atom. The lowest BCUT2D eigenvalue weighted by atomic mass is 10.1. The fourth-order valence-electron chi connectivity index (χ4n) is 1.63. The van der Waals surface area contributed by atoms with Crippen molar-refractivity contribution in [2.45, 2.75) is 13.8 Å². The van der Waals surface area contributed by atoms with Gasteiger partial charge in [0.1, 0.15) is 16.7 Å². The number of nitrogens with zero attached hydrogens (tertiary/aromatic N) is 2. The van der Waals surface area contributed by atoms with Crippen LogP contribution >= 0.6 is 11.6 Å². The average molecular weight is 249 g/mol. The minimum atomic E-state index is 0.443. The van der Waals surface area contributed by atoms with E-state index in [1.54, 1.807) is 6.07 Å². The van der Waals surface area contributed by atoms with Gasteiger partial charge in [-0.25, -0.2) is 9.97 Å². The minimum absolute atomic E-state index is 0.443. The SMILES string of the molecule is CCOc1ccccc1-c1cc(Cl)nc(C)n1. The highest BCUT2D eigenvalue weighted by atomic mass is 35.5. The molecule has 0 bridgehead atoms. The Hall–Kier alpha value is -1.61. The fraction of sp³-hybridized carbons (Fsp3) is 0.231. The van der Waals surface area contributed by atoms with Gasteiger partial charge in [-0.05, 0) is 26.0 Å². The second-order valence-electron chi connectivity index (χ2n) is 3.55. The molecule has 2 rings (SSSR count). The summed E-state index contributed by atoms with van der Waals surface area (Å²) >= 11 is 5.94. The molecule has 0 aliphatic heterocycles. The third kappa shape index (κ3) is 2.74. The summed E-state index contributed by atoms with van der Waals surface area (Å²) in [7, 11) is 0. The van der Waals surface area contributed by atoms with Crippen molar-refractivity contribution >= 4 is 11.6 Å². The molecule has 2 aromatic rings. The maximum absolute atomic E-state index is 5.94. The molecule has 0 aliphatic rings. The summed E-state index contributed by atoms with van der Waals surface area (Å²) in [5, 5.41) is 0.443. The Kier molecular flexibility index (Phi) is 3.59. The molecule has 0 N–H and O–H groups in total. The molecule has 0 fully saturated rings. The number of hydrogen-bond acceptors (Lipinski definition) is 3. The zero-order valence-electron chi connectivity index (χ0n) is 9.77. The predicted molar refractivity (Wildman–Crippen MR) is 68.4 cm³/mol. The van der Waals surface area contributed by atoms with Crippen LogP contribution in [-0.4, -0.2) is 16.6 Å². The van der Waals surface area contributed by atoms with Crippen LogP contribution in [0, 0.1) is 6.92 Å². The number of halogens is 1. The van der Waals surface area contributed by atoms with Crippen LogP contribution in [0.25, 0.3) is 11.3 Å². The van der Waals surface area contributed by atoms with Crippen LogP contribution < -0.4 is 4.74 Å². The first-order valence-corrected chi connectivity index (χ1v) is 5.82. The van der Waals surface area contributed by atoms with Crippen LogP contribution in [0.2, 0.25) is 5.15 Å². The van der Waals surface area contributed by atoms with Crippen molar-refractivity contribution in [3.05, 3.63) is 41.3 Å². The van der Waals surface area contributed by atoms with E-state index in [2.05, 4.69) is 9.97 Å². The van der Waals surface area contributed by atoms with Gasteiger partial charge >= 0.3 is 0 Å². The molecular weight excluding hydrogens is 236 g/mol. The normalized spacial score (nSPS) is 10.3. The topological polar surface area (TPSA) is 35.0 Å². The standard InChI is InChI=1S/C13H13ClN2O/c1-3-17-12-7-5-4-6-10(12)11-8-13(14)16-9(2)15-11/h4-8H,3H2,1-2H3. The van der Waals surface area contributed by atoms with Crippen molar-refractivity contribution in [1.29, 1.82) is 0 Å². The van der Waals surface area contributed by atoms with Gasteiger partial charge in [0, 0.05) is 11.6 Å². The first kappa shape index (κ1) is 11.9. The van der Waals surface area contributed by atoms with Gasteiger partial charge < -0.3 is 4.74 Å². The third-order valence-corrected chi connectivity index (χ3v) is 2.46. The monoisotopic (exact) mass is 248 g/mol. The lowest BCUT2D eigenvalue weighted by Gasteiger charge is -2.09. The highest BCUT2D eigenvalue weighted by Crippen LogP contribution is 2.29. The molecule has 0 saturated carbocycles. The van der Waals surface area contributed by atoms with E-state index in [-0.39, 0.29) is 0 Å². The van der Waals surface area contributed by atoms with Gasteiger partial charge in [0.05, 0.1) is 12.3 Å². The second-order valence-corrected chi connectivity index (χ2v) is 3.94. The molecule has 0 atom stereocenters. The van der Waals surface area contributed by atoms with Crippen LogP contribution in [0.4, 0.5) is 0 Å². The molecular formula is C13H13ClN2O. The number of benzene rings is 1. The van der Waals surface area contributed by atoms with E-state index in [9.17, 15) is 0 Å². The molecule has 0 radical (unpaired) electrons. The van der Waals surface area contributed by atoms with E-state index < -0.39 is 0 Å². The number of ether oxygens (including phenoxy) is 1.